The average Bonchev–Trinajstić information content (AvgIpc) is 3.40. The first-order valence-corrected chi connectivity index (χ1v) is 16.4. The summed E-state index contributed by atoms with van der Waals surface area (Å²) in [5.41, 5.74) is 7.97. The highest BCUT2D eigenvalue weighted by molar-refractivity contribution is 8.34. The summed E-state index contributed by atoms with van der Waals surface area (Å²) in [5, 5.41) is 0. The smallest absolute Gasteiger partial charge is 0.399 e. The molecule has 2 heterocycles. The van der Waals surface area contributed by atoms with Gasteiger partial charge in [0.1, 0.15) is 0 Å². The molecule has 2 aliphatic rings. The second kappa shape index (κ2) is 9.74. The summed E-state index contributed by atoms with van der Waals surface area (Å²) in [5.74, 6) is 0. The molecule has 1 fully saturated rings. The maximum atomic E-state index is 6.32. The highest BCUT2D eigenvalue weighted by Crippen LogP contribution is 2.80. The number of fused-ring (bicyclic) bond motifs is 3. The molecule has 1 saturated heterocycles. The van der Waals surface area contributed by atoms with Crippen LogP contribution in [0.4, 0.5) is 0 Å². The van der Waals surface area contributed by atoms with Crippen molar-refractivity contribution in [2.45, 2.75) is 72.3 Å². The van der Waals surface area contributed by atoms with E-state index in [1.807, 2.05) is 0 Å². The minimum absolute atomic E-state index is 0.358. The van der Waals surface area contributed by atoms with Gasteiger partial charge in [0.05, 0.1) is 11.2 Å². The fraction of sp³-hybridized carbons (Fsp3) is 0.211. The van der Waals surface area contributed by atoms with E-state index in [4.69, 9.17) is 9.31 Å². The van der Waals surface area contributed by atoms with Gasteiger partial charge in [-0.3, -0.25) is 0 Å². The van der Waals surface area contributed by atoms with Gasteiger partial charge in [-0.1, -0.05) is 90.0 Å². The van der Waals surface area contributed by atoms with Crippen molar-refractivity contribution >= 4 is 22.6 Å². The fourth-order valence-corrected chi connectivity index (χ4v) is 10.4. The molecule has 2 nitrogen and oxygen atoms in total. The van der Waals surface area contributed by atoms with Gasteiger partial charge in [0, 0.05) is 19.6 Å². The summed E-state index contributed by atoms with van der Waals surface area (Å²) in [6.45, 7) is 12.7. The molecule has 5 aromatic rings. The van der Waals surface area contributed by atoms with Crippen molar-refractivity contribution in [3.8, 4) is 22.3 Å². The van der Waals surface area contributed by atoms with Crippen molar-refractivity contribution in [2.75, 3.05) is 0 Å². The maximum Gasteiger partial charge on any atom is 0.494 e. The normalized spacial score (nSPS) is 18.4. The Labute approximate surface area is 252 Å². The largest absolute Gasteiger partial charge is 0.494 e. The van der Waals surface area contributed by atoms with Gasteiger partial charge in [0.25, 0.3) is 0 Å². The molecule has 0 saturated carbocycles. The Morgan fingerprint density at radius 2 is 1.02 bits per heavy atom. The summed E-state index contributed by atoms with van der Waals surface area (Å²) >= 11 is 0. The van der Waals surface area contributed by atoms with Crippen molar-refractivity contribution in [1.29, 1.82) is 0 Å². The molecule has 0 radical (unpaired) electrons. The van der Waals surface area contributed by atoms with Crippen molar-refractivity contribution in [2.24, 2.45) is 0 Å². The van der Waals surface area contributed by atoms with Gasteiger partial charge >= 0.3 is 7.12 Å². The van der Waals surface area contributed by atoms with Crippen LogP contribution in [-0.2, 0) is 9.31 Å². The average molecular weight is 569 g/mol. The lowest BCUT2D eigenvalue weighted by molar-refractivity contribution is 0.00578. The highest BCUT2D eigenvalue weighted by atomic mass is 32.3. The van der Waals surface area contributed by atoms with Crippen molar-refractivity contribution in [3.63, 3.8) is 0 Å². The van der Waals surface area contributed by atoms with Crippen LogP contribution in [0.15, 0.2) is 135 Å². The number of benzene rings is 5. The van der Waals surface area contributed by atoms with Gasteiger partial charge in [-0.2, -0.15) is 0 Å². The van der Waals surface area contributed by atoms with Crippen LogP contribution in [0.5, 0.6) is 0 Å². The molecule has 0 N–H and O–H groups in total. The predicted molar refractivity (Wildman–Crippen MR) is 176 cm³/mol. The zero-order valence-corrected chi connectivity index (χ0v) is 26.1. The molecule has 210 valence electrons. The Kier molecular flexibility index (Phi) is 6.33. The van der Waals surface area contributed by atoms with E-state index < -0.39 is 10.0 Å². The molecule has 0 unspecified atom stereocenters. The van der Waals surface area contributed by atoms with Gasteiger partial charge < -0.3 is 9.31 Å². The van der Waals surface area contributed by atoms with Crippen LogP contribution in [-0.4, -0.2) is 18.3 Å². The van der Waals surface area contributed by atoms with E-state index in [9.17, 15) is 0 Å². The number of hydrogen-bond acceptors (Lipinski definition) is 2. The third kappa shape index (κ3) is 4.12. The maximum absolute atomic E-state index is 6.32. The second-order valence-electron chi connectivity index (χ2n) is 12.7. The third-order valence-electron chi connectivity index (χ3n) is 9.34. The van der Waals surface area contributed by atoms with Crippen LogP contribution in [0.25, 0.3) is 22.3 Å². The van der Waals surface area contributed by atoms with Crippen LogP contribution in [0.1, 0.15) is 38.8 Å². The first-order valence-electron chi connectivity index (χ1n) is 14.8. The predicted octanol–water partition coefficient (Wildman–Crippen LogP) is 9.59. The summed E-state index contributed by atoms with van der Waals surface area (Å²) in [6, 6.07) is 43.2. The molecule has 0 amide bonds. The molecular weight excluding hydrogens is 531 g/mol. The molecular formula is C38H37BO2S. The van der Waals surface area contributed by atoms with Crippen molar-refractivity contribution in [1.82, 2.24) is 0 Å². The van der Waals surface area contributed by atoms with E-state index in [1.165, 1.54) is 53.0 Å². The highest BCUT2D eigenvalue weighted by Gasteiger charge is 2.51. The SMILES string of the molecule is Cc1ccc(S2(c3ccc(C)cc3)c3ccccc3-c3ccc(-c4ccc(B5OC(C)(C)C(C)(C)O5)cc4)cc32)cc1. The van der Waals surface area contributed by atoms with Gasteiger partial charge in [-0.15, -0.1) is 10.0 Å². The van der Waals surface area contributed by atoms with Gasteiger partial charge in [-0.05, 0) is 106 Å². The van der Waals surface area contributed by atoms with E-state index >= 15 is 0 Å². The van der Waals surface area contributed by atoms with E-state index in [-0.39, 0.29) is 18.3 Å². The van der Waals surface area contributed by atoms with E-state index in [0.29, 0.717) is 0 Å². The fourth-order valence-electron chi connectivity index (χ4n) is 6.19. The Bertz CT molecular complexity index is 1730. The molecule has 0 spiro atoms. The number of aryl methyl sites for hydroxylation is 2. The van der Waals surface area contributed by atoms with Gasteiger partial charge in [0.15, 0.2) is 0 Å². The topological polar surface area (TPSA) is 18.5 Å². The lowest BCUT2D eigenvalue weighted by Crippen LogP contribution is -2.41. The summed E-state index contributed by atoms with van der Waals surface area (Å²) in [6.07, 6.45) is 0. The van der Waals surface area contributed by atoms with E-state index in [2.05, 4.69) is 157 Å². The first kappa shape index (κ1) is 27.3. The first-order chi connectivity index (χ1) is 20.1. The molecule has 0 aromatic heterocycles. The van der Waals surface area contributed by atoms with Crippen molar-refractivity contribution < 1.29 is 9.31 Å². The Hall–Kier alpha value is -3.57. The molecule has 0 atom stereocenters. The quantitative estimate of drug-likeness (QED) is 0.197. The van der Waals surface area contributed by atoms with Crippen LogP contribution in [0.2, 0.25) is 0 Å². The number of hydrogen-bond donors (Lipinski definition) is 0. The minimum Gasteiger partial charge on any atom is -0.399 e. The third-order valence-corrected chi connectivity index (χ3v) is 13.3. The summed E-state index contributed by atoms with van der Waals surface area (Å²) in [7, 11) is -2.05. The molecule has 7 rings (SSSR count). The van der Waals surface area contributed by atoms with E-state index in [1.54, 1.807) is 0 Å². The number of rotatable bonds is 4. The summed E-state index contributed by atoms with van der Waals surface area (Å²) in [4.78, 5) is 5.57. The molecule has 42 heavy (non-hydrogen) atoms. The zero-order chi connectivity index (χ0) is 29.3. The summed E-state index contributed by atoms with van der Waals surface area (Å²) < 4.78 is 12.6. The monoisotopic (exact) mass is 568 g/mol. The minimum atomic E-state index is -1.69. The van der Waals surface area contributed by atoms with Crippen LogP contribution in [0, 0.1) is 13.8 Å². The Morgan fingerprint density at radius 3 is 1.60 bits per heavy atom. The molecule has 0 bridgehead atoms. The van der Waals surface area contributed by atoms with Gasteiger partial charge in [-0.25, -0.2) is 0 Å². The van der Waals surface area contributed by atoms with Crippen LogP contribution < -0.4 is 5.46 Å². The lowest BCUT2D eigenvalue weighted by Gasteiger charge is -2.39. The molecule has 0 aliphatic carbocycles. The molecule has 2 aliphatic heterocycles. The van der Waals surface area contributed by atoms with Crippen LogP contribution >= 0.6 is 10.0 Å². The Morgan fingerprint density at radius 1 is 0.524 bits per heavy atom. The zero-order valence-electron chi connectivity index (χ0n) is 25.3. The molecule has 5 aromatic carbocycles. The molecule has 4 heteroatoms. The second-order valence-corrected chi connectivity index (χ2v) is 15.7. The van der Waals surface area contributed by atoms with Crippen molar-refractivity contribution in [3.05, 3.63) is 126 Å². The Balaban J connectivity index is 1.38. The standard InChI is InChI=1S/C38H37BO2S/c1-26-11-20-31(21-12-26)42(32-22-13-27(2)14-23-32)35-10-8-7-9-33(35)34-24-17-29(25-36(34)42)28-15-18-30(19-16-28)39-40-37(3,4)38(5,6)41-39/h7-25H,1-6H3. The van der Waals surface area contributed by atoms with E-state index in [0.717, 1.165) is 5.46 Å². The lowest BCUT2D eigenvalue weighted by atomic mass is 9.78. The van der Waals surface area contributed by atoms with Crippen LogP contribution in [0.3, 0.4) is 0 Å². The van der Waals surface area contributed by atoms with Gasteiger partial charge in [0.2, 0.25) is 0 Å².